The molecule has 0 aromatic heterocycles. The third kappa shape index (κ3) is 6.12. The van der Waals surface area contributed by atoms with Crippen molar-refractivity contribution in [2.45, 2.75) is 58.1 Å². The second-order valence-electron chi connectivity index (χ2n) is 9.47. The van der Waals surface area contributed by atoms with Crippen LogP contribution in [0.5, 0.6) is 0 Å². The van der Waals surface area contributed by atoms with E-state index in [-0.39, 0.29) is 24.8 Å². The number of hydrogen-bond donors (Lipinski definition) is 0. The highest BCUT2D eigenvalue weighted by atomic mass is 79.9. The van der Waals surface area contributed by atoms with E-state index < -0.39 is 17.2 Å². The van der Waals surface area contributed by atoms with Gasteiger partial charge in [0.2, 0.25) is 0 Å². The molecule has 1 aliphatic rings. The van der Waals surface area contributed by atoms with Gasteiger partial charge in [0, 0.05) is 33.9 Å². The van der Waals surface area contributed by atoms with Crippen molar-refractivity contribution in [3.05, 3.63) is 62.5 Å². The van der Waals surface area contributed by atoms with E-state index in [4.69, 9.17) is 27.9 Å². The predicted molar refractivity (Wildman–Crippen MR) is 137 cm³/mol. The first-order valence-electron chi connectivity index (χ1n) is 10.9. The van der Waals surface area contributed by atoms with Crippen LogP contribution in [0.4, 0.5) is 10.5 Å². The molecule has 1 unspecified atom stereocenters. The summed E-state index contributed by atoms with van der Waals surface area (Å²) in [5.74, 6) is -0.727. The summed E-state index contributed by atoms with van der Waals surface area (Å²) in [4.78, 5) is 42.1. The van der Waals surface area contributed by atoms with E-state index in [0.29, 0.717) is 28.6 Å². The minimum absolute atomic E-state index is 0.132. The second-order valence-corrected chi connectivity index (χ2v) is 11.3. The Hall–Kier alpha value is -2.09. The highest BCUT2D eigenvalue weighted by Gasteiger charge is 2.54. The highest BCUT2D eigenvalue weighted by Crippen LogP contribution is 2.37. The Bertz CT molecular complexity index is 1080. The number of hydrogen-bond acceptors (Lipinski definition) is 4. The average molecular weight is 570 g/mol. The fourth-order valence-corrected chi connectivity index (χ4v) is 4.74. The number of urea groups is 1. The van der Waals surface area contributed by atoms with Crippen molar-refractivity contribution in [3.8, 4) is 0 Å². The molecule has 1 atom stereocenters. The van der Waals surface area contributed by atoms with Crippen molar-refractivity contribution >= 4 is 62.7 Å². The van der Waals surface area contributed by atoms with E-state index in [1.54, 1.807) is 27.7 Å². The average Bonchev–Trinajstić information content (AvgIpc) is 2.88. The lowest BCUT2D eigenvalue weighted by Gasteiger charge is -2.32. The van der Waals surface area contributed by atoms with Crippen molar-refractivity contribution < 1.29 is 19.1 Å². The normalized spacial score (nSPS) is 18.6. The smallest absolute Gasteiger partial charge is 0.332 e. The van der Waals surface area contributed by atoms with Crippen molar-refractivity contribution in [3.63, 3.8) is 0 Å². The number of carbonyl (C=O) groups is 3. The molecule has 0 radical (unpaired) electrons. The monoisotopic (exact) mass is 568 g/mol. The SMILES string of the molecule is CC(C)(C)OC(=O)CCCN1C(=O)N(c2cc(Cl)cc(Cl)c2)C(=O)C1(C)Cc1ccc(Br)cc1. The zero-order valence-corrected chi connectivity index (χ0v) is 22.6. The zero-order chi connectivity index (χ0) is 25.3. The largest absolute Gasteiger partial charge is 0.460 e. The van der Waals surface area contributed by atoms with E-state index in [2.05, 4.69) is 15.9 Å². The van der Waals surface area contributed by atoms with Gasteiger partial charge in [-0.2, -0.15) is 0 Å². The van der Waals surface area contributed by atoms with Crippen molar-refractivity contribution in [1.82, 2.24) is 4.90 Å². The van der Waals surface area contributed by atoms with Gasteiger partial charge < -0.3 is 9.64 Å². The van der Waals surface area contributed by atoms with Crippen LogP contribution in [0.2, 0.25) is 10.0 Å². The minimum atomic E-state index is -1.16. The number of imide groups is 1. The van der Waals surface area contributed by atoms with E-state index in [1.165, 1.54) is 23.1 Å². The molecule has 0 bridgehead atoms. The van der Waals surface area contributed by atoms with Gasteiger partial charge in [0.05, 0.1) is 5.69 Å². The van der Waals surface area contributed by atoms with E-state index >= 15 is 0 Å². The van der Waals surface area contributed by atoms with Gasteiger partial charge in [-0.1, -0.05) is 51.3 Å². The first kappa shape index (κ1) is 26.5. The van der Waals surface area contributed by atoms with Crippen molar-refractivity contribution in [2.24, 2.45) is 0 Å². The van der Waals surface area contributed by atoms with Crippen molar-refractivity contribution in [2.75, 3.05) is 11.4 Å². The first-order chi connectivity index (χ1) is 15.8. The van der Waals surface area contributed by atoms with Crippen LogP contribution in [0, 0.1) is 0 Å². The number of esters is 1. The van der Waals surface area contributed by atoms with Gasteiger partial charge >= 0.3 is 12.0 Å². The quantitative estimate of drug-likeness (QED) is 0.276. The predicted octanol–water partition coefficient (Wildman–Crippen LogP) is 6.65. The van der Waals surface area contributed by atoms with Gasteiger partial charge in [-0.15, -0.1) is 0 Å². The third-order valence-electron chi connectivity index (χ3n) is 5.43. The molecule has 3 rings (SSSR count). The van der Waals surface area contributed by atoms with E-state index in [0.717, 1.165) is 14.9 Å². The molecule has 6 nitrogen and oxygen atoms in total. The Morgan fingerprint density at radius 3 is 2.21 bits per heavy atom. The Labute approximate surface area is 218 Å². The Balaban J connectivity index is 1.90. The number of ether oxygens (including phenoxy) is 1. The molecule has 0 aliphatic carbocycles. The van der Waals surface area contributed by atoms with E-state index in [1.807, 2.05) is 24.3 Å². The van der Waals surface area contributed by atoms with Crippen LogP contribution in [-0.2, 0) is 20.7 Å². The van der Waals surface area contributed by atoms with Crippen LogP contribution in [-0.4, -0.2) is 40.5 Å². The molecule has 182 valence electrons. The standard InChI is InChI=1S/C25H27BrCl2N2O4/c1-24(2,3)34-21(31)6-5-11-29-23(33)30(20-13-18(27)12-19(28)14-20)22(32)25(29,4)15-16-7-9-17(26)10-8-16/h7-10,12-14H,5-6,11,15H2,1-4H3. The molecule has 0 N–H and O–H groups in total. The fourth-order valence-electron chi connectivity index (χ4n) is 3.96. The first-order valence-corrected chi connectivity index (χ1v) is 12.4. The topological polar surface area (TPSA) is 66.9 Å². The molecule has 2 aromatic carbocycles. The molecule has 34 heavy (non-hydrogen) atoms. The third-order valence-corrected chi connectivity index (χ3v) is 6.40. The Morgan fingerprint density at radius 1 is 1.06 bits per heavy atom. The molecule has 2 aromatic rings. The summed E-state index contributed by atoms with van der Waals surface area (Å²) in [6.45, 7) is 7.36. The van der Waals surface area contributed by atoms with Crippen molar-refractivity contribution in [1.29, 1.82) is 0 Å². The van der Waals surface area contributed by atoms with Gasteiger partial charge in [-0.3, -0.25) is 9.59 Å². The summed E-state index contributed by atoms with van der Waals surface area (Å²) in [5, 5.41) is 0.641. The van der Waals surface area contributed by atoms with Gasteiger partial charge in [0.25, 0.3) is 5.91 Å². The fraction of sp³-hybridized carbons (Fsp3) is 0.400. The van der Waals surface area contributed by atoms with Gasteiger partial charge in [-0.25, -0.2) is 9.69 Å². The maximum Gasteiger partial charge on any atom is 0.332 e. The van der Waals surface area contributed by atoms with Crippen LogP contribution in [0.15, 0.2) is 46.9 Å². The van der Waals surface area contributed by atoms with Gasteiger partial charge in [-0.05, 0) is 70.0 Å². The Kier molecular flexibility index (Phi) is 8.00. The number of nitrogens with zero attached hydrogens (tertiary/aromatic N) is 2. The molecule has 1 heterocycles. The Morgan fingerprint density at radius 2 is 1.65 bits per heavy atom. The maximum absolute atomic E-state index is 13.7. The number of carbonyl (C=O) groups excluding carboxylic acids is 3. The van der Waals surface area contributed by atoms with Crippen LogP contribution < -0.4 is 4.90 Å². The summed E-state index contributed by atoms with van der Waals surface area (Å²) in [5.41, 5.74) is -0.540. The summed E-state index contributed by atoms with van der Waals surface area (Å²) in [6, 6.07) is 11.7. The molecular weight excluding hydrogens is 543 g/mol. The minimum Gasteiger partial charge on any atom is -0.460 e. The summed E-state index contributed by atoms with van der Waals surface area (Å²) in [7, 11) is 0. The second kappa shape index (κ2) is 10.3. The number of rotatable bonds is 7. The molecule has 9 heteroatoms. The summed E-state index contributed by atoms with van der Waals surface area (Å²) >= 11 is 15.7. The van der Waals surface area contributed by atoms with Crippen LogP contribution in [0.3, 0.4) is 0 Å². The molecule has 1 fully saturated rings. The number of anilines is 1. The number of halogens is 3. The number of benzene rings is 2. The molecule has 1 aliphatic heterocycles. The lowest BCUT2D eigenvalue weighted by Crippen LogP contribution is -2.49. The van der Waals surface area contributed by atoms with Gasteiger partial charge in [0.1, 0.15) is 11.1 Å². The maximum atomic E-state index is 13.7. The summed E-state index contributed by atoms with van der Waals surface area (Å²) < 4.78 is 6.29. The van der Waals surface area contributed by atoms with Crippen LogP contribution >= 0.6 is 39.1 Å². The van der Waals surface area contributed by atoms with E-state index in [9.17, 15) is 14.4 Å². The molecule has 1 saturated heterocycles. The van der Waals surface area contributed by atoms with Gasteiger partial charge in [0.15, 0.2) is 0 Å². The molecule has 0 saturated carbocycles. The lowest BCUT2D eigenvalue weighted by molar-refractivity contribution is -0.155. The summed E-state index contributed by atoms with van der Waals surface area (Å²) in [6.07, 6.45) is 0.794. The van der Waals surface area contributed by atoms with Crippen LogP contribution in [0.1, 0.15) is 46.1 Å². The number of amides is 3. The van der Waals surface area contributed by atoms with Crippen LogP contribution in [0.25, 0.3) is 0 Å². The highest BCUT2D eigenvalue weighted by molar-refractivity contribution is 9.10. The molecule has 0 spiro atoms. The molecular formula is C25H27BrCl2N2O4. The lowest BCUT2D eigenvalue weighted by atomic mass is 9.91. The zero-order valence-electron chi connectivity index (χ0n) is 19.5. The molecule has 3 amide bonds.